The van der Waals surface area contributed by atoms with E-state index >= 15 is 0 Å². The Balaban J connectivity index is 0.000000531. The van der Waals surface area contributed by atoms with Crippen LogP contribution >= 0.6 is 0 Å². The topological polar surface area (TPSA) is 51.6 Å². The van der Waals surface area contributed by atoms with Gasteiger partial charge in [0, 0.05) is 24.8 Å². The SMILES string of the molecule is CC.Cc1ncc(-c2ncccn2)cn1. The lowest BCUT2D eigenvalue weighted by Crippen LogP contribution is -1.91. The van der Waals surface area contributed by atoms with E-state index in [2.05, 4.69) is 19.9 Å². The first kappa shape index (κ1) is 11.2. The highest BCUT2D eigenvalue weighted by molar-refractivity contribution is 5.50. The number of nitrogens with zero attached hydrogens (tertiary/aromatic N) is 4. The standard InChI is InChI=1S/C9H8N4.C2H6/c1-7-12-5-8(6-13-7)9-10-3-2-4-11-9;1-2/h2-6H,1H3;1-2H3. The minimum atomic E-state index is 0.655. The van der Waals surface area contributed by atoms with Crippen LogP contribution in [-0.2, 0) is 0 Å². The Hall–Kier alpha value is -1.84. The van der Waals surface area contributed by atoms with Gasteiger partial charge < -0.3 is 0 Å². The molecule has 0 saturated heterocycles. The normalized spacial score (nSPS) is 9.00. The Bertz CT molecular complexity index is 383. The van der Waals surface area contributed by atoms with Crippen molar-refractivity contribution >= 4 is 0 Å². The van der Waals surface area contributed by atoms with Gasteiger partial charge in [-0.1, -0.05) is 13.8 Å². The summed E-state index contributed by atoms with van der Waals surface area (Å²) in [6, 6.07) is 1.78. The molecule has 0 spiro atoms. The van der Waals surface area contributed by atoms with Crippen molar-refractivity contribution in [2.75, 3.05) is 0 Å². The van der Waals surface area contributed by atoms with Gasteiger partial charge in [0.1, 0.15) is 5.82 Å². The summed E-state index contributed by atoms with van der Waals surface area (Å²) in [6.07, 6.45) is 6.83. The predicted molar refractivity (Wildman–Crippen MR) is 59.1 cm³/mol. The van der Waals surface area contributed by atoms with Crippen LogP contribution < -0.4 is 0 Å². The quantitative estimate of drug-likeness (QED) is 0.711. The molecule has 0 atom stereocenters. The van der Waals surface area contributed by atoms with Crippen molar-refractivity contribution in [3.8, 4) is 11.4 Å². The molecule has 0 aromatic carbocycles. The molecule has 0 radical (unpaired) electrons. The number of aromatic nitrogens is 4. The second-order valence-electron chi connectivity index (χ2n) is 2.59. The van der Waals surface area contributed by atoms with Gasteiger partial charge in [-0.05, 0) is 13.0 Å². The number of hydrogen-bond acceptors (Lipinski definition) is 4. The van der Waals surface area contributed by atoms with E-state index in [9.17, 15) is 0 Å². The first-order valence-electron chi connectivity index (χ1n) is 4.92. The highest BCUT2D eigenvalue weighted by Gasteiger charge is 1.99. The van der Waals surface area contributed by atoms with Gasteiger partial charge in [-0.2, -0.15) is 0 Å². The van der Waals surface area contributed by atoms with Crippen molar-refractivity contribution in [1.29, 1.82) is 0 Å². The average Bonchev–Trinajstić information content (AvgIpc) is 2.34. The molecular formula is C11H14N4. The summed E-state index contributed by atoms with van der Waals surface area (Å²) in [4.78, 5) is 16.3. The van der Waals surface area contributed by atoms with Crippen LogP contribution in [0.15, 0.2) is 30.9 Å². The molecule has 0 aliphatic carbocycles. The van der Waals surface area contributed by atoms with Gasteiger partial charge in [0.15, 0.2) is 5.82 Å². The Morgan fingerprint density at radius 3 is 1.93 bits per heavy atom. The summed E-state index contributed by atoms with van der Waals surface area (Å²) in [5.74, 6) is 1.40. The highest BCUT2D eigenvalue weighted by Crippen LogP contribution is 2.09. The third-order valence-electron chi connectivity index (χ3n) is 1.60. The van der Waals surface area contributed by atoms with E-state index in [0.717, 1.165) is 11.4 Å². The number of hydrogen-bond donors (Lipinski definition) is 0. The fourth-order valence-electron chi connectivity index (χ4n) is 0.956. The van der Waals surface area contributed by atoms with E-state index in [1.54, 1.807) is 30.9 Å². The fraction of sp³-hybridized carbons (Fsp3) is 0.273. The molecule has 0 fully saturated rings. The molecule has 0 unspecified atom stereocenters. The van der Waals surface area contributed by atoms with E-state index in [1.807, 2.05) is 20.8 Å². The first-order chi connectivity index (χ1) is 7.36. The number of rotatable bonds is 1. The second-order valence-corrected chi connectivity index (χ2v) is 2.59. The molecule has 0 amide bonds. The summed E-state index contributed by atoms with van der Waals surface area (Å²) in [7, 11) is 0. The second kappa shape index (κ2) is 5.80. The molecule has 15 heavy (non-hydrogen) atoms. The van der Waals surface area contributed by atoms with Crippen LogP contribution in [-0.4, -0.2) is 19.9 Å². The minimum absolute atomic E-state index is 0.655. The summed E-state index contributed by atoms with van der Waals surface area (Å²) in [5.41, 5.74) is 0.839. The average molecular weight is 202 g/mol. The summed E-state index contributed by atoms with van der Waals surface area (Å²) in [5, 5.41) is 0. The van der Waals surface area contributed by atoms with E-state index < -0.39 is 0 Å². The van der Waals surface area contributed by atoms with E-state index in [1.165, 1.54) is 0 Å². The van der Waals surface area contributed by atoms with Crippen molar-refractivity contribution in [3.05, 3.63) is 36.7 Å². The lowest BCUT2D eigenvalue weighted by Gasteiger charge is -1.97. The van der Waals surface area contributed by atoms with Crippen LogP contribution in [0, 0.1) is 6.92 Å². The lowest BCUT2D eigenvalue weighted by atomic mass is 10.3. The third-order valence-corrected chi connectivity index (χ3v) is 1.60. The van der Waals surface area contributed by atoms with Gasteiger partial charge in [0.05, 0.1) is 5.56 Å². The molecule has 78 valence electrons. The molecule has 2 aromatic heterocycles. The van der Waals surface area contributed by atoms with Gasteiger partial charge in [-0.3, -0.25) is 0 Å². The summed E-state index contributed by atoms with van der Waals surface area (Å²) >= 11 is 0. The molecule has 0 aliphatic rings. The zero-order valence-corrected chi connectivity index (χ0v) is 9.18. The molecule has 4 heteroatoms. The van der Waals surface area contributed by atoms with Crippen LogP contribution in [0.1, 0.15) is 19.7 Å². The summed E-state index contributed by atoms with van der Waals surface area (Å²) < 4.78 is 0. The van der Waals surface area contributed by atoms with Crippen LogP contribution in [0.2, 0.25) is 0 Å². The third kappa shape index (κ3) is 3.09. The maximum Gasteiger partial charge on any atom is 0.162 e. The number of aryl methyl sites for hydroxylation is 1. The minimum Gasteiger partial charge on any atom is -0.241 e. The van der Waals surface area contributed by atoms with E-state index in [0.29, 0.717) is 5.82 Å². The molecule has 4 nitrogen and oxygen atoms in total. The van der Waals surface area contributed by atoms with Gasteiger partial charge in [0.2, 0.25) is 0 Å². The zero-order valence-electron chi connectivity index (χ0n) is 9.18. The van der Waals surface area contributed by atoms with Crippen LogP contribution in [0.25, 0.3) is 11.4 Å². The Kier molecular flexibility index (Phi) is 4.34. The van der Waals surface area contributed by atoms with Crippen LogP contribution in [0.4, 0.5) is 0 Å². The molecule has 2 heterocycles. The molecule has 2 rings (SSSR count). The van der Waals surface area contributed by atoms with Crippen molar-refractivity contribution in [2.45, 2.75) is 20.8 Å². The largest absolute Gasteiger partial charge is 0.241 e. The van der Waals surface area contributed by atoms with Gasteiger partial charge in [0.25, 0.3) is 0 Å². The van der Waals surface area contributed by atoms with Gasteiger partial charge in [-0.25, -0.2) is 19.9 Å². The van der Waals surface area contributed by atoms with E-state index in [4.69, 9.17) is 0 Å². The Morgan fingerprint density at radius 1 is 0.867 bits per heavy atom. The van der Waals surface area contributed by atoms with Crippen molar-refractivity contribution < 1.29 is 0 Å². The zero-order chi connectivity index (χ0) is 11.1. The molecule has 2 aromatic rings. The maximum atomic E-state index is 4.09. The van der Waals surface area contributed by atoms with Crippen molar-refractivity contribution in [3.63, 3.8) is 0 Å². The van der Waals surface area contributed by atoms with Crippen LogP contribution in [0.3, 0.4) is 0 Å². The molecule has 0 bridgehead atoms. The molecule has 0 saturated carbocycles. The van der Waals surface area contributed by atoms with Gasteiger partial charge >= 0.3 is 0 Å². The maximum absolute atomic E-state index is 4.09. The fourth-order valence-corrected chi connectivity index (χ4v) is 0.956. The van der Waals surface area contributed by atoms with Gasteiger partial charge in [-0.15, -0.1) is 0 Å². The lowest BCUT2D eigenvalue weighted by molar-refractivity contribution is 1.04. The molecular weight excluding hydrogens is 188 g/mol. The van der Waals surface area contributed by atoms with Crippen molar-refractivity contribution in [1.82, 2.24) is 19.9 Å². The predicted octanol–water partition coefficient (Wildman–Crippen LogP) is 2.27. The molecule has 0 N–H and O–H groups in total. The monoisotopic (exact) mass is 202 g/mol. The Labute approximate surface area is 89.5 Å². The highest BCUT2D eigenvalue weighted by atomic mass is 14.9. The van der Waals surface area contributed by atoms with E-state index in [-0.39, 0.29) is 0 Å². The first-order valence-corrected chi connectivity index (χ1v) is 4.92. The smallest absolute Gasteiger partial charge is 0.162 e. The summed E-state index contributed by atoms with van der Waals surface area (Å²) in [6.45, 7) is 5.84. The van der Waals surface area contributed by atoms with Crippen LogP contribution in [0.5, 0.6) is 0 Å². The van der Waals surface area contributed by atoms with Crippen molar-refractivity contribution in [2.24, 2.45) is 0 Å². The molecule has 0 aliphatic heterocycles. The Morgan fingerprint density at radius 2 is 1.40 bits per heavy atom.